The van der Waals surface area contributed by atoms with Gasteiger partial charge in [0.15, 0.2) is 0 Å². The van der Waals surface area contributed by atoms with E-state index in [1.165, 1.54) is 12.8 Å². The Kier molecular flexibility index (Phi) is 3.71. The van der Waals surface area contributed by atoms with Gasteiger partial charge < -0.3 is 15.5 Å². The Balaban J connectivity index is 2.30. The second kappa shape index (κ2) is 5.10. The molecule has 0 aromatic carbocycles. The predicted octanol–water partition coefficient (Wildman–Crippen LogP) is 1.21. The molecule has 1 atom stereocenters. The average molecular weight is 249 g/mol. The van der Waals surface area contributed by atoms with E-state index < -0.39 is 0 Å². The molecule has 0 aliphatic carbocycles. The van der Waals surface area contributed by atoms with Gasteiger partial charge in [-0.15, -0.1) is 0 Å². The van der Waals surface area contributed by atoms with Gasteiger partial charge in [0.25, 0.3) is 0 Å². The number of hydrogen-bond donors (Lipinski definition) is 1. The lowest BCUT2D eigenvalue weighted by atomic mass is 10.2. The highest BCUT2D eigenvalue weighted by molar-refractivity contribution is 5.57. The van der Waals surface area contributed by atoms with Gasteiger partial charge in [-0.1, -0.05) is 0 Å². The van der Waals surface area contributed by atoms with Gasteiger partial charge in [-0.05, 0) is 40.8 Å². The fourth-order valence-corrected chi connectivity index (χ4v) is 2.64. The Morgan fingerprint density at radius 3 is 2.72 bits per heavy atom. The van der Waals surface area contributed by atoms with E-state index >= 15 is 0 Å². The first-order valence-electron chi connectivity index (χ1n) is 6.51. The maximum atomic E-state index is 5.95. The van der Waals surface area contributed by atoms with Gasteiger partial charge in [-0.25, -0.2) is 9.97 Å². The van der Waals surface area contributed by atoms with Gasteiger partial charge in [-0.3, -0.25) is 0 Å². The highest BCUT2D eigenvalue weighted by Gasteiger charge is 2.28. The molecule has 0 bridgehead atoms. The minimum absolute atomic E-state index is 0.535. The molecule has 1 aliphatic rings. The molecule has 2 N–H and O–H groups in total. The molecule has 1 aromatic rings. The van der Waals surface area contributed by atoms with E-state index in [0.29, 0.717) is 11.9 Å². The number of aromatic nitrogens is 2. The molecule has 0 amide bonds. The Morgan fingerprint density at radius 2 is 2.06 bits per heavy atom. The molecule has 0 spiro atoms. The molecular formula is C13H23N5. The van der Waals surface area contributed by atoms with Crippen molar-refractivity contribution in [2.45, 2.75) is 32.7 Å². The summed E-state index contributed by atoms with van der Waals surface area (Å²) >= 11 is 0. The van der Waals surface area contributed by atoms with Gasteiger partial charge in [0.2, 0.25) is 0 Å². The van der Waals surface area contributed by atoms with Gasteiger partial charge in [-0.2, -0.15) is 0 Å². The molecule has 1 saturated heterocycles. The number of anilines is 2. The van der Waals surface area contributed by atoms with Crippen molar-refractivity contribution in [2.75, 3.05) is 37.8 Å². The summed E-state index contributed by atoms with van der Waals surface area (Å²) in [6, 6.07) is 0.535. The number of nitrogens with zero attached hydrogens (tertiary/aromatic N) is 4. The van der Waals surface area contributed by atoms with Crippen LogP contribution in [0, 0.1) is 13.8 Å². The third-order valence-electron chi connectivity index (χ3n) is 3.49. The fourth-order valence-electron chi connectivity index (χ4n) is 2.64. The smallest absolute Gasteiger partial charge is 0.137 e. The Bertz CT molecular complexity index is 430. The van der Waals surface area contributed by atoms with Crippen molar-refractivity contribution >= 4 is 11.6 Å². The second-order valence-electron chi connectivity index (χ2n) is 5.36. The average Bonchev–Trinajstić information content (AvgIpc) is 2.70. The van der Waals surface area contributed by atoms with Crippen LogP contribution in [0.15, 0.2) is 0 Å². The Hall–Kier alpha value is -1.36. The summed E-state index contributed by atoms with van der Waals surface area (Å²) in [6.07, 6.45) is 2.45. The van der Waals surface area contributed by atoms with Crippen LogP contribution < -0.4 is 10.6 Å². The van der Waals surface area contributed by atoms with E-state index in [4.69, 9.17) is 5.73 Å². The molecular weight excluding hydrogens is 226 g/mol. The van der Waals surface area contributed by atoms with Crippen molar-refractivity contribution in [1.29, 1.82) is 0 Å². The van der Waals surface area contributed by atoms with Crippen LogP contribution in [0.4, 0.5) is 11.6 Å². The van der Waals surface area contributed by atoms with Crippen LogP contribution in [0.3, 0.4) is 0 Å². The van der Waals surface area contributed by atoms with Gasteiger partial charge in [0.1, 0.15) is 17.5 Å². The van der Waals surface area contributed by atoms with Crippen molar-refractivity contribution in [3.05, 3.63) is 11.4 Å². The number of likely N-dealkylation sites (N-methyl/N-ethyl adjacent to an activating group) is 1. The third kappa shape index (κ3) is 2.56. The van der Waals surface area contributed by atoms with Crippen LogP contribution in [0.25, 0.3) is 0 Å². The van der Waals surface area contributed by atoms with Crippen molar-refractivity contribution in [2.24, 2.45) is 0 Å². The third-order valence-corrected chi connectivity index (χ3v) is 3.49. The zero-order valence-corrected chi connectivity index (χ0v) is 11.8. The summed E-state index contributed by atoms with van der Waals surface area (Å²) in [5.74, 6) is 2.38. The molecule has 0 radical (unpaired) electrons. The minimum atomic E-state index is 0.535. The lowest BCUT2D eigenvalue weighted by Gasteiger charge is -2.29. The lowest BCUT2D eigenvalue weighted by molar-refractivity contribution is 0.371. The number of rotatable bonds is 3. The Morgan fingerprint density at radius 1 is 1.33 bits per heavy atom. The molecule has 18 heavy (non-hydrogen) atoms. The number of nitrogens with two attached hydrogens (primary N) is 1. The highest BCUT2D eigenvalue weighted by Crippen LogP contribution is 2.28. The Labute approximate surface area is 109 Å². The molecule has 1 fully saturated rings. The standard InChI is InChI=1S/C13H23N5/c1-9-12(14)15-10(2)16-13(9)18-7-5-6-11(18)8-17(3)4/h11H,5-8H2,1-4H3,(H2,14,15,16). The maximum absolute atomic E-state index is 5.95. The number of hydrogen-bond acceptors (Lipinski definition) is 5. The second-order valence-corrected chi connectivity index (χ2v) is 5.36. The van der Waals surface area contributed by atoms with E-state index in [9.17, 15) is 0 Å². The predicted molar refractivity (Wildman–Crippen MR) is 74.8 cm³/mol. The maximum Gasteiger partial charge on any atom is 0.137 e. The molecule has 1 aliphatic heterocycles. The summed E-state index contributed by atoms with van der Waals surface area (Å²) in [5, 5.41) is 0. The highest BCUT2D eigenvalue weighted by atomic mass is 15.3. The van der Waals surface area contributed by atoms with Gasteiger partial charge in [0.05, 0.1) is 0 Å². The van der Waals surface area contributed by atoms with Crippen LogP contribution in [0.2, 0.25) is 0 Å². The number of nitrogen functional groups attached to an aromatic ring is 1. The quantitative estimate of drug-likeness (QED) is 0.872. The normalized spacial score (nSPS) is 19.8. The van der Waals surface area contributed by atoms with E-state index in [1.54, 1.807) is 0 Å². The van der Waals surface area contributed by atoms with Gasteiger partial charge in [0, 0.05) is 24.7 Å². The first-order chi connectivity index (χ1) is 8.49. The van der Waals surface area contributed by atoms with Crippen molar-refractivity contribution < 1.29 is 0 Å². The summed E-state index contributed by atoms with van der Waals surface area (Å²) in [7, 11) is 4.23. The first kappa shape index (κ1) is 13.1. The topological polar surface area (TPSA) is 58.3 Å². The summed E-state index contributed by atoms with van der Waals surface area (Å²) in [5.41, 5.74) is 6.95. The fraction of sp³-hybridized carbons (Fsp3) is 0.692. The van der Waals surface area contributed by atoms with Crippen LogP contribution in [-0.4, -0.2) is 48.1 Å². The lowest BCUT2D eigenvalue weighted by Crippen LogP contribution is -2.38. The zero-order chi connectivity index (χ0) is 13.3. The molecule has 5 nitrogen and oxygen atoms in total. The monoisotopic (exact) mass is 249 g/mol. The molecule has 2 heterocycles. The van der Waals surface area contributed by atoms with Crippen LogP contribution in [0.1, 0.15) is 24.2 Å². The largest absolute Gasteiger partial charge is 0.383 e. The first-order valence-corrected chi connectivity index (χ1v) is 6.51. The van der Waals surface area contributed by atoms with Crippen molar-refractivity contribution in [3.63, 3.8) is 0 Å². The SMILES string of the molecule is Cc1nc(N)c(C)c(N2CCCC2CN(C)C)n1. The molecule has 0 saturated carbocycles. The number of aryl methyl sites for hydroxylation is 1. The van der Waals surface area contributed by atoms with Crippen LogP contribution in [-0.2, 0) is 0 Å². The van der Waals surface area contributed by atoms with Crippen molar-refractivity contribution in [3.8, 4) is 0 Å². The summed E-state index contributed by atoms with van der Waals surface area (Å²) < 4.78 is 0. The van der Waals surface area contributed by atoms with Crippen LogP contribution in [0.5, 0.6) is 0 Å². The minimum Gasteiger partial charge on any atom is -0.383 e. The summed E-state index contributed by atoms with van der Waals surface area (Å²) in [6.45, 7) is 6.03. The zero-order valence-electron chi connectivity index (χ0n) is 11.8. The summed E-state index contributed by atoms with van der Waals surface area (Å²) in [4.78, 5) is 13.4. The molecule has 1 aromatic heterocycles. The van der Waals surface area contributed by atoms with Crippen LogP contribution >= 0.6 is 0 Å². The van der Waals surface area contributed by atoms with E-state index in [1.807, 2.05) is 13.8 Å². The van der Waals surface area contributed by atoms with Crippen molar-refractivity contribution in [1.82, 2.24) is 14.9 Å². The molecule has 1 unspecified atom stereocenters. The van der Waals surface area contributed by atoms with E-state index in [0.717, 1.165) is 30.3 Å². The van der Waals surface area contributed by atoms with E-state index in [-0.39, 0.29) is 0 Å². The van der Waals surface area contributed by atoms with Gasteiger partial charge >= 0.3 is 0 Å². The molecule has 100 valence electrons. The molecule has 5 heteroatoms. The molecule has 2 rings (SSSR count). The van der Waals surface area contributed by atoms with E-state index in [2.05, 4.69) is 33.9 Å².